The van der Waals surface area contributed by atoms with E-state index < -0.39 is 67.6 Å². The summed E-state index contributed by atoms with van der Waals surface area (Å²) in [4.78, 5) is 40.7. The van der Waals surface area contributed by atoms with Crippen LogP contribution < -0.4 is 26.9 Å². The van der Waals surface area contributed by atoms with E-state index in [9.17, 15) is 19.5 Å². The summed E-state index contributed by atoms with van der Waals surface area (Å²) < 4.78 is 32.3. The first-order valence-corrected chi connectivity index (χ1v) is 19.5. The molecule has 0 aliphatic carbocycles. The SMILES string of the molecule is CC(C)(C)OC(=O)NCC1OC(C)(C)OC1CCn1cc([C@H]2C[C@@H](O)[C@@H](CO[Si](c3ccccc3)(c3ccccc3)C(C)(C)C)O2)c(=O)[nH]c1=O. The molecule has 12 nitrogen and oxygen atoms in total. The second-order valence-electron chi connectivity index (χ2n) is 15.9. The predicted molar refractivity (Wildman–Crippen MR) is 196 cm³/mol. The fraction of sp³-hybridized carbons (Fsp3) is 0.553. The molecule has 0 saturated carbocycles. The number of rotatable bonds is 11. The number of aliphatic hydroxyl groups excluding tert-OH is 1. The van der Waals surface area contributed by atoms with Crippen LogP contribution in [0.5, 0.6) is 0 Å². The maximum Gasteiger partial charge on any atom is 0.407 e. The van der Waals surface area contributed by atoms with Gasteiger partial charge < -0.3 is 38.4 Å². The van der Waals surface area contributed by atoms with Gasteiger partial charge in [0.2, 0.25) is 0 Å². The number of aromatic nitrogens is 2. The fourth-order valence-corrected chi connectivity index (χ4v) is 11.6. The van der Waals surface area contributed by atoms with Crippen molar-refractivity contribution in [2.75, 3.05) is 13.2 Å². The van der Waals surface area contributed by atoms with Crippen LogP contribution in [-0.4, -0.2) is 78.0 Å². The van der Waals surface area contributed by atoms with Crippen molar-refractivity contribution in [2.45, 2.75) is 122 Å². The maximum absolute atomic E-state index is 13.1. The molecule has 2 saturated heterocycles. The predicted octanol–water partition coefficient (Wildman–Crippen LogP) is 3.74. The van der Waals surface area contributed by atoms with Gasteiger partial charge in [-0.05, 0) is 56.5 Å². The first kappa shape index (κ1) is 38.6. The van der Waals surface area contributed by atoms with Crippen LogP contribution >= 0.6 is 0 Å². The van der Waals surface area contributed by atoms with Gasteiger partial charge in [-0.25, -0.2) is 9.59 Å². The highest BCUT2D eigenvalue weighted by atomic mass is 28.4. The number of carbonyl (C=O) groups excluding carboxylic acids is 1. The van der Waals surface area contributed by atoms with Crippen molar-refractivity contribution in [3.63, 3.8) is 0 Å². The van der Waals surface area contributed by atoms with Gasteiger partial charge in [-0.15, -0.1) is 0 Å². The lowest BCUT2D eigenvalue weighted by Crippen LogP contribution is -2.67. The lowest BCUT2D eigenvalue weighted by atomic mass is 10.1. The van der Waals surface area contributed by atoms with Crippen molar-refractivity contribution in [3.8, 4) is 0 Å². The molecule has 2 aliphatic rings. The van der Waals surface area contributed by atoms with Crippen LogP contribution in [0.15, 0.2) is 76.4 Å². The molecular formula is C38H53N3O9Si. The summed E-state index contributed by atoms with van der Waals surface area (Å²) in [5.41, 5.74) is -1.54. The Bertz CT molecular complexity index is 1710. The van der Waals surface area contributed by atoms with Crippen LogP contribution in [0.4, 0.5) is 4.79 Å². The summed E-state index contributed by atoms with van der Waals surface area (Å²) in [6, 6.07) is 20.4. The molecule has 2 aliphatic heterocycles. The van der Waals surface area contributed by atoms with Crippen molar-refractivity contribution in [3.05, 3.63) is 93.3 Å². The number of nitrogens with one attached hydrogen (secondary N) is 2. The Hall–Kier alpha value is -3.59. The summed E-state index contributed by atoms with van der Waals surface area (Å²) in [7, 11) is -2.89. The lowest BCUT2D eigenvalue weighted by molar-refractivity contribution is -0.146. The Kier molecular flexibility index (Phi) is 11.5. The van der Waals surface area contributed by atoms with Gasteiger partial charge in [0.25, 0.3) is 13.9 Å². The third kappa shape index (κ3) is 9.08. The third-order valence-electron chi connectivity index (χ3n) is 9.28. The van der Waals surface area contributed by atoms with Crippen LogP contribution in [-0.2, 0) is 29.9 Å². The molecular weight excluding hydrogens is 671 g/mol. The van der Waals surface area contributed by atoms with E-state index in [4.69, 9.17) is 23.4 Å². The number of hydrogen-bond acceptors (Lipinski definition) is 9. The Labute approximate surface area is 300 Å². The topological polar surface area (TPSA) is 150 Å². The molecule has 1 amide bonds. The van der Waals surface area contributed by atoms with Gasteiger partial charge in [-0.1, -0.05) is 81.4 Å². The van der Waals surface area contributed by atoms with Gasteiger partial charge in [0.05, 0.1) is 30.5 Å². The minimum atomic E-state index is -2.89. The van der Waals surface area contributed by atoms with E-state index in [1.165, 1.54) is 10.8 Å². The summed E-state index contributed by atoms with van der Waals surface area (Å²) in [6.07, 6.45) is -1.82. The van der Waals surface area contributed by atoms with Crippen molar-refractivity contribution in [2.24, 2.45) is 0 Å². The number of benzene rings is 2. The average Bonchev–Trinajstić information content (AvgIpc) is 3.56. The number of nitrogens with zero attached hydrogens (tertiary/aromatic N) is 1. The van der Waals surface area contributed by atoms with Crippen LogP contribution in [0.1, 0.15) is 79.9 Å². The average molecular weight is 724 g/mol. The van der Waals surface area contributed by atoms with Crippen molar-refractivity contribution >= 4 is 24.8 Å². The highest BCUT2D eigenvalue weighted by Gasteiger charge is 2.51. The number of ether oxygens (including phenoxy) is 4. The quantitative estimate of drug-likeness (QED) is 0.252. The van der Waals surface area contributed by atoms with E-state index in [0.717, 1.165) is 10.4 Å². The number of carbonyl (C=O) groups is 1. The van der Waals surface area contributed by atoms with Gasteiger partial charge >= 0.3 is 11.8 Å². The number of aryl methyl sites for hydroxylation is 1. The highest BCUT2D eigenvalue weighted by Crippen LogP contribution is 2.38. The zero-order chi connectivity index (χ0) is 37.2. The Morgan fingerprint density at radius 1 is 0.961 bits per heavy atom. The van der Waals surface area contributed by atoms with Crippen LogP contribution in [0.3, 0.4) is 0 Å². The van der Waals surface area contributed by atoms with E-state index >= 15 is 0 Å². The number of hydrogen-bond donors (Lipinski definition) is 3. The molecule has 3 heterocycles. The number of aliphatic hydroxyl groups is 1. The normalized spacial score (nSPS) is 23.7. The van der Waals surface area contributed by atoms with Crippen LogP contribution in [0.2, 0.25) is 5.04 Å². The van der Waals surface area contributed by atoms with Crippen molar-refractivity contribution < 1.29 is 33.3 Å². The smallest absolute Gasteiger partial charge is 0.407 e. The third-order valence-corrected chi connectivity index (χ3v) is 14.3. The molecule has 13 heteroatoms. The summed E-state index contributed by atoms with van der Waals surface area (Å²) in [5, 5.41) is 15.9. The number of H-pyrrole nitrogens is 1. The van der Waals surface area contributed by atoms with Crippen LogP contribution in [0.25, 0.3) is 0 Å². The second-order valence-corrected chi connectivity index (χ2v) is 20.2. The second kappa shape index (κ2) is 15.2. The molecule has 2 fully saturated rings. The molecule has 0 radical (unpaired) electrons. The van der Waals surface area contributed by atoms with Crippen LogP contribution in [0, 0.1) is 0 Å². The molecule has 0 spiro atoms. The summed E-state index contributed by atoms with van der Waals surface area (Å²) >= 11 is 0. The molecule has 2 unspecified atom stereocenters. The van der Waals surface area contributed by atoms with E-state index in [1.54, 1.807) is 34.6 Å². The number of amides is 1. The van der Waals surface area contributed by atoms with E-state index in [-0.39, 0.29) is 36.7 Å². The molecule has 5 rings (SSSR count). The first-order valence-electron chi connectivity index (χ1n) is 17.6. The maximum atomic E-state index is 13.1. The molecule has 5 atom stereocenters. The monoisotopic (exact) mass is 723 g/mol. The standard InChI is InChI=1S/C38H53N3O9Si/c1-36(2,3)50-35(45)39-22-31-29(48-38(7,8)49-31)19-20-41-23-27(33(43)40-34(41)44)30-21-28(42)32(47-30)24-46-51(37(4,5)6,25-15-11-9-12-16-25)26-17-13-10-14-18-26/h9-18,23,28-32,42H,19-22,24H2,1-8H3,(H,39,45)(H,40,43,44)/t28-,29?,30-,31?,32-/m1/s1. The molecule has 0 bridgehead atoms. The summed E-state index contributed by atoms with van der Waals surface area (Å²) in [6.45, 7) is 15.9. The largest absolute Gasteiger partial charge is 0.444 e. The minimum absolute atomic E-state index is 0.121. The summed E-state index contributed by atoms with van der Waals surface area (Å²) in [5.74, 6) is -0.897. The first-order chi connectivity index (χ1) is 23.9. The van der Waals surface area contributed by atoms with E-state index in [1.807, 2.05) is 36.4 Å². The highest BCUT2D eigenvalue weighted by molar-refractivity contribution is 6.99. The Balaban J connectivity index is 1.30. The molecule has 2 aromatic carbocycles. The number of alkyl carbamates (subject to hydrolysis) is 1. The molecule has 1 aromatic heterocycles. The van der Waals surface area contributed by atoms with Crippen molar-refractivity contribution in [1.29, 1.82) is 0 Å². The Morgan fingerprint density at radius 3 is 2.12 bits per heavy atom. The zero-order valence-corrected chi connectivity index (χ0v) is 31.9. The zero-order valence-electron chi connectivity index (χ0n) is 30.9. The lowest BCUT2D eigenvalue weighted by Gasteiger charge is -2.43. The molecule has 3 N–H and O–H groups in total. The molecule has 3 aromatic rings. The van der Waals surface area contributed by atoms with E-state index in [0.29, 0.717) is 6.42 Å². The fourth-order valence-electron chi connectivity index (χ4n) is 7.06. The number of aromatic amines is 1. The van der Waals surface area contributed by atoms with E-state index in [2.05, 4.69) is 55.3 Å². The Morgan fingerprint density at radius 2 is 1.55 bits per heavy atom. The van der Waals surface area contributed by atoms with Gasteiger partial charge in [0.1, 0.15) is 17.8 Å². The minimum Gasteiger partial charge on any atom is -0.444 e. The molecule has 51 heavy (non-hydrogen) atoms. The van der Waals surface area contributed by atoms with Gasteiger partial charge in [-0.3, -0.25) is 9.78 Å². The van der Waals surface area contributed by atoms with Gasteiger partial charge in [-0.2, -0.15) is 0 Å². The van der Waals surface area contributed by atoms with Gasteiger partial charge in [0.15, 0.2) is 5.79 Å². The molecule has 278 valence electrons. The van der Waals surface area contributed by atoms with Gasteiger partial charge in [0, 0.05) is 25.7 Å². The van der Waals surface area contributed by atoms with Crippen molar-refractivity contribution in [1.82, 2.24) is 14.9 Å².